The molecule has 0 aliphatic carbocycles. The average Bonchev–Trinajstić information content (AvgIpc) is 2.28. The first-order valence-corrected chi connectivity index (χ1v) is 6.05. The van der Waals surface area contributed by atoms with Crippen LogP contribution in [-0.2, 0) is 0 Å². The number of rotatable bonds is 6. The fourth-order valence-corrected chi connectivity index (χ4v) is 1.68. The molecule has 0 bridgehead atoms. The fraction of sp³-hybridized carbons (Fsp3) is 0.571. The summed E-state index contributed by atoms with van der Waals surface area (Å²) in [5, 5.41) is 13.3. The number of aliphatic hydroxyl groups excluding tert-OH is 1. The highest BCUT2D eigenvalue weighted by Crippen LogP contribution is 2.18. The summed E-state index contributed by atoms with van der Waals surface area (Å²) >= 11 is 0. The van der Waals surface area contributed by atoms with Gasteiger partial charge in [0, 0.05) is 12.5 Å². The molecule has 0 saturated heterocycles. The lowest BCUT2D eigenvalue weighted by Gasteiger charge is -2.20. The van der Waals surface area contributed by atoms with Gasteiger partial charge in [-0.3, -0.25) is 0 Å². The van der Waals surface area contributed by atoms with E-state index in [-0.39, 0.29) is 12.0 Å². The third kappa shape index (κ3) is 4.33. The summed E-state index contributed by atoms with van der Waals surface area (Å²) < 4.78 is 0. The molecule has 1 rings (SSSR count). The van der Waals surface area contributed by atoms with Gasteiger partial charge in [0.15, 0.2) is 0 Å². The number of benzene rings is 1. The highest BCUT2D eigenvalue weighted by Gasteiger charge is 2.15. The Morgan fingerprint density at radius 3 is 2.25 bits per heavy atom. The average molecular weight is 221 g/mol. The van der Waals surface area contributed by atoms with E-state index in [0.29, 0.717) is 12.5 Å². The summed E-state index contributed by atoms with van der Waals surface area (Å²) in [4.78, 5) is 0. The molecule has 16 heavy (non-hydrogen) atoms. The maximum Gasteiger partial charge on any atom is 0.0730 e. The van der Waals surface area contributed by atoms with E-state index in [1.54, 1.807) is 0 Å². The largest absolute Gasteiger partial charge is 0.391 e. The van der Waals surface area contributed by atoms with Gasteiger partial charge in [-0.05, 0) is 18.0 Å². The predicted molar refractivity (Wildman–Crippen MR) is 68.6 cm³/mol. The molecule has 0 aromatic heterocycles. The minimum atomic E-state index is -0.318. The normalized spacial score (nSPS) is 15.1. The van der Waals surface area contributed by atoms with E-state index in [1.165, 1.54) is 5.56 Å². The molecule has 1 aromatic rings. The second-order valence-electron chi connectivity index (χ2n) is 4.82. The van der Waals surface area contributed by atoms with Gasteiger partial charge in [0.25, 0.3) is 0 Å². The third-order valence-electron chi connectivity index (χ3n) is 2.81. The number of nitrogens with one attached hydrogen (secondary N) is 1. The minimum Gasteiger partial charge on any atom is -0.391 e. The molecular formula is C14H23NO. The lowest BCUT2D eigenvalue weighted by atomic mass is 9.95. The van der Waals surface area contributed by atoms with Crippen molar-refractivity contribution in [1.29, 1.82) is 0 Å². The first-order chi connectivity index (χ1) is 7.61. The molecule has 2 nitrogen and oxygen atoms in total. The Labute approximate surface area is 98.7 Å². The van der Waals surface area contributed by atoms with Crippen molar-refractivity contribution >= 4 is 0 Å². The van der Waals surface area contributed by atoms with E-state index in [2.05, 4.69) is 38.2 Å². The van der Waals surface area contributed by atoms with Crippen LogP contribution < -0.4 is 5.32 Å². The van der Waals surface area contributed by atoms with Gasteiger partial charge < -0.3 is 10.4 Å². The van der Waals surface area contributed by atoms with Crippen molar-refractivity contribution in [3.63, 3.8) is 0 Å². The molecule has 2 heteroatoms. The van der Waals surface area contributed by atoms with E-state index >= 15 is 0 Å². The Morgan fingerprint density at radius 2 is 1.69 bits per heavy atom. The van der Waals surface area contributed by atoms with Crippen LogP contribution in [0.4, 0.5) is 0 Å². The summed E-state index contributed by atoms with van der Waals surface area (Å²) in [6.07, 6.45) is -0.318. The van der Waals surface area contributed by atoms with Crippen molar-refractivity contribution in [2.45, 2.75) is 32.8 Å². The van der Waals surface area contributed by atoms with Crippen LogP contribution in [-0.4, -0.2) is 24.3 Å². The number of hydrogen-bond donors (Lipinski definition) is 2. The summed E-state index contributed by atoms with van der Waals surface area (Å²) in [6.45, 7) is 8.02. The molecule has 1 aromatic carbocycles. The Hall–Kier alpha value is -0.860. The van der Waals surface area contributed by atoms with Gasteiger partial charge >= 0.3 is 0 Å². The molecule has 0 amide bonds. The van der Waals surface area contributed by atoms with E-state index in [9.17, 15) is 5.11 Å². The lowest BCUT2D eigenvalue weighted by molar-refractivity contribution is 0.146. The molecule has 0 fully saturated rings. The zero-order valence-electron chi connectivity index (χ0n) is 10.5. The van der Waals surface area contributed by atoms with Crippen LogP contribution in [0, 0.1) is 5.92 Å². The molecule has 0 heterocycles. The van der Waals surface area contributed by atoms with Crippen molar-refractivity contribution in [2.75, 3.05) is 13.1 Å². The summed E-state index contributed by atoms with van der Waals surface area (Å²) in [7, 11) is 0. The van der Waals surface area contributed by atoms with E-state index in [1.807, 2.05) is 18.2 Å². The van der Waals surface area contributed by atoms with E-state index in [4.69, 9.17) is 0 Å². The molecule has 0 aliphatic rings. The highest BCUT2D eigenvalue weighted by atomic mass is 16.3. The van der Waals surface area contributed by atoms with Gasteiger partial charge in [-0.1, -0.05) is 51.1 Å². The van der Waals surface area contributed by atoms with Crippen molar-refractivity contribution in [3.8, 4) is 0 Å². The molecule has 0 saturated carbocycles. The van der Waals surface area contributed by atoms with Gasteiger partial charge in [-0.25, -0.2) is 0 Å². The Bertz CT molecular complexity index is 284. The molecule has 0 radical (unpaired) electrons. The third-order valence-corrected chi connectivity index (χ3v) is 2.81. The van der Waals surface area contributed by atoms with Crippen molar-refractivity contribution < 1.29 is 5.11 Å². The zero-order valence-corrected chi connectivity index (χ0v) is 10.5. The second kappa shape index (κ2) is 6.66. The summed E-state index contributed by atoms with van der Waals surface area (Å²) in [5.41, 5.74) is 1.20. The smallest absolute Gasteiger partial charge is 0.0730 e. The van der Waals surface area contributed by atoms with Crippen LogP contribution in [0.25, 0.3) is 0 Å². The van der Waals surface area contributed by atoms with Crippen LogP contribution in [0.5, 0.6) is 0 Å². The minimum absolute atomic E-state index is 0.181. The second-order valence-corrected chi connectivity index (χ2v) is 4.82. The van der Waals surface area contributed by atoms with Crippen LogP contribution in [0.1, 0.15) is 32.3 Å². The van der Waals surface area contributed by atoms with Crippen LogP contribution in [0.15, 0.2) is 30.3 Å². The van der Waals surface area contributed by atoms with Crippen molar-refractivity contribution in [2.24, 2.45) is 5.92 Å². The monoisotopic (exact) mass is 221 g/mol. The molecule has 90 valence electrons. The number of hydrogen-bond acceptors (Lipinski definition) is 2. The summed E-state index contributed by atoms with van der Waals surface area (Å²) in [6, 6.07) is 10.2. The maximum absolute atomic E-state index is 10.0. The first-order valence-electron chi connectivity index (χ1n) is 6.05. The topological polar surface area (TPSA) is 32.3 Å². The molecule has 2 atom stereocenters. The van der Waals surface area contributed by atoms with Gasteiger partial charge in [-0.15, -0.1) is 0 Å². The maximum atomic E-state index is 10.0. The zero-order chi connectivity index (χ0) is 12.0. The van der Waals surface area contributed by atoms with Gasteiger partial charge in [0.1, 0.15) is 0 Å². The van der Waals surface area contributed by atoms with Crippen LogP contribution in [0.3, 0.4) is 0 Å². The van der Waals surface area contributed by atoms with Gasteiger partial charge in [0.2, 0.25) is 0 Å². The van der Waals surface area contributed by atoms with Crippen molar-refractivity contribution in [3.05, 3.63) is 35.9 Å². The molecule has 0 aliphatic heterocycles. The molecule has 2 unspecified atom stereocenters. The standard InChI is InChI=1S/C14H23NO/c1-11(2)9-15-10-14(16)12(3)13-7-5-4-6-8-13/h4-8,11-12,14-16H,9-10H2,1-3H3. The predicted octanol–water partition coefficient (Wildman–Crippen LogP) is 2.40. The van der Waals surface area contributed by atoms with E-state index < -0.39 is 0 Å². The number of aliphatic hydroxyl groups is 1. The van der Waals surface area contributed by atoms with Crippen LogP contribution >= 0.6 is 0 Å². The molecule has 0 spiro atoms. The summed E-state index contributed by atoms with van der Waals surface area (Å²) in [5.74, 6) is 0.806. The van der Waals surface area contributed by atoms with E-state index in [0.717, 1.165) is 6.54 Å². The Morgan fingerprint density at radius 1 is 1.06 bits per heavy atom. The Kier molecular flexibility index (Phi) is 5.50. The molecule has 2 N–H and O–H groups in total. The SMILES string of the molecule is CC(C)CNCC(O)C(C)c1ccccc1. The van der Waals surface area contributed by atoms with Gasteiger partial charge in [0.05, 0.1) is 6.10 Å². The van der Waals surface area contributed by atoms with Gasteiger partial charge in [-0.2, -0.15) is 0 Å². The quantitative estimate of drug-likeness (QED) is 0.773. The molecular weight excluding hydrogens is 198 g/mol. The first kappa shape index (κ1) is 13.2. The Balaban J connectivity index is 2.39. The fourth-order valence-electron chi connectivity index (χ4n) is 1.68. The van der Waals surface area contributed by atoms with Crippen LogP contribution in [0.2, 0.25) is 0 Å². The van der Waals surface area contributed by atoms with Crippen molar-refractivity contribution in [1.82, 2.24) is 5.32 Å². The highest BCUT2D eigenvalue weighted by molar-refractivity contribution is 5.19. The lowest BCUT2D eigenvalue weighted by Crippen LogP contribution is -2.32.